The summed E-state index contributed by atoms with van der Waals surface area (Å²) in [5.74, 6) is 0.893. The van der Waals surface area contributed by atoms with Gasteiger partial charge in [0.1, 0.15) is 5.82 Å². The number of anilines is 1. The summed E-state index contributed by atoms with van der Waals surface area (Å²) in [6.45, 7) is 1.47. The third-order valence-electron chi connectivity index (χ3n) is 2.94. The predicted molar refractivity (Wildman–Crippen MR) is 64.9 cm³/mol. The van der Waals surface area contributed by atoms with E-state index in [4.69, 9.17) is 4.74 Å². The Morgan fingerprint density at radius 2 is 2.24 bits per heavy atom. The second-order valence-electron chi connectivity index (χ2n) is 4.09. The summed E-state index contributed by atoms with van der Waals surface area (Å²) in [5.41, 5.74) is 0. The maximum absolute atomic E-state index is 11.3. The molecule has 1 N–H and O–H groups in total. The average molecular weight is 235 g/mol. The van der Waals surface area contributed by atoms with Crippen molar-refractivity contribution in [2.24, 2.45) is 0 Å². The van der Waals surface area contributed by atoms with E-state index >= 15 is 0 Å². The van der Waals surface area contributed by atoms with Gasteiger partial charge in [-0.3, -0.25) is 0 Å². The molecule has 1 fully saturated rings. The molecule has 5 heteroatoms. The first-order valence-electron chi connectivity index (χ1n) is 5.80. The highest BCUT2D eigenvalue weighted by atomic mass is 16.5. The summed E-state index contributed by atoms with van der Waals surface area (Å²) in [6.07, 6.45) is 3.38. The maximum Gasteiger partial charge on any atom is 0.409 e. The third kappa shape index (κ3) is 3.09. The molecule has 1 aliphatic heterocycles. The van der Waals surface area contributed by atoms with Gasteiger partial charge in [0.15, 0.2) is 0 Å². The van der Waals surface area contributed by atoms with Gasteiger partial charge in [-0.2, -0.15) is 0 Å². The fraction of sp³-hybridized carbons (Fsp3) is 0.500. The van der Waals surface area contributed by atoms with Gasteiger partial charge in [-0.1, -0.05) is 6.07 Å². The minimum atomic E-state index is -0.235. The number of carbonyl (C=O) groups is 1. The summed E-state index contributed by atoms with van der Waals surface area (Å²) in [7, 11) is 1.42. The molecule has 5 nitrogen and oxygen atoms in total. The Morgan fingerprint density at radius 3 is 2.82 bits per heavy atom. The molecule has 0 bridgehead atoms. The van der Waals surface area contributed by atoms with E-state index in [0.717, 1.165) is 31.7 Å². The first-order valence-corrected chi connectivity index (χ1v) is 5.80. The lowest BCUT2D eigenvalue weighted by molar-refractivity contribution is 0.113. The van der Waals surface area contributed by atoms with Crippen molar-refractivity contribution in [3.63, 3.8) is 0 Å². The smallest absolute Gasteiger partial charge is 0.409 e. The number of methoxy groups -OCH3 is 1. The van der Waals surface area contributed by atoms with E-state index in [9.17, 15) is 4.79 Å². The third-order valence-corrected chi connectivity index (χ3v) is 2.94. The Hall–Kier alpha value is -1.78. The van der Waals surface area contributed by atoms with Crippen LogP contribution in [0.15, 0.2) is 24.4 Å². The van der Waals surface area contributed by atoms with Gasteiger partial charge in [-0.15, -0.1) is 0 Å². The van der Waals surface area contributed by atoms with Crippen LogP contribution in [0.3, 0.4) is 0 Å². The molecule has 0 radical (unpaired) electrons. The van der Waals surface area contributed by atoms with Crippen molar-refractivity contribution in [3.05, 3.63) is 24.4 Å². The molecule has 17 heavy (non-hydrogen) atoms. The van der Waals surface area contributed by atoms with E-state index in [1.807, 2.05) is 18.2 Å². The molecule has 0 aromatic carbocycles. The van der Waals surface area contributed by atoms with Crippen LogP contribution < -0.4 is 5.32 Å². The largest absolute Gasteiger partial charge is 0.453 e. The van der Waals surface area contributed by atoms with Crippen LogP contribution in [0.1, 0.15) is 12.8 Å². The minimum Gasteiger partial charge on any atom is -0.453 e. The van der Waals surface area contributed by atoms with Crippen LogP contribution in [-0.4, -0.2) is 42.2 Å². The van der Waals surface area contributed by atoms with Gasteiger partial charge >= 0.3 is 6.09 Å². The second kappa shape index (κ2) is 5.52. The van der Waals surface area contributed by atoms with Crippen molar-refractivity contribution in [1.82, 2.24) is 9.88 Å². The van der Waals surface area contributed by atoms with Crippen LogP contribution in [0, 0.1) is 0 Å². The summed E-state index contributed by atoms with van der Waals surface area (Å²) < 4.78 is 4.70. The molecule has 0 aliphatic carbocycles. The van der Waals surface area contributed by atoms with Crippen molar-refractivity contribution in [2.45, 2.75) is 18.9 Å². The normalized spacial score (nSPS) is 16.6. The molecule has 1 aromatic heterocycles. The highest BCUT2D eigenvalue weighted by molar-refractivity contribution is 5.67. The van der Waals surface area contributed by atoms with E-state index in [1.54, 1.807) is 11.1 Å². The average Bonchev–Trinajstić information content (AvgIpc) is 2.40. The van der Waals surface area contributed by atoms with E-state index in [-0.39, 0.29) is 6.09 Å². The minimum absolute atomic E-state index is 0.235. The number of likely N-dealkylation sites (tertiary alicyclic amines) is 1. The summed E-state index contributed by atoms with van der Waals surface area (Å²) in [5, 5.41) is 3.37. The Balaban J connectivity index is 1.82. The van der Waals surface area contributed by atoms with Crippen LogP contribution >= 0.6 is 0 Å². The van der Waals surface area contributed by atoms with Crippen molar-refractivity contribution >= 4 is 11.9 Å². The molecule has 0 atom stereocenters. The number of rotatable bonds is 2. The predicted octanol–water partition coefficient (Wildman–Crippen LogP) is 1.72. The molecule has 0 unspecified atom stereocenters. The van der Waals surface area contributed by atoms with Gasteiger partial charge in [-0.05, 0) is 25.0 Å². The van der Waals surface area contributed by atoms with Crippen molar-refractivity contribution in [1.29, 1.82) is 0 Å². The molecule has 1 aromatic rings. The Labute approximate surface area is 101 Å². The molecule has 0 saturated carbocycles. The van der Waals surface area contributed by atoms with Crippen LogP contribution in [-0.2, 0) is 4.74 Å². The lowest BCUT2D eigenvalue weighted by Crippen LogP contribution is -2.42. The Morgan fingerprint density at radius 1 is 1.47 bits per heavy atom. The van der Waals surface area contributed by atoms with Gasteiger partial charge in [0.2, 0.25) is 0 Å². The van der Waals surface area contributed by atoms with Crippen molar-refractivity contribution in [2.75, 3.05) is 25.5 Å². The van der Waals surface area contributed by atoms with Gasteiger partial charge in [-0.25, -0.2) is 9.78 Å². The zero-order valence-electron chi connectivity index (χ0n) is 9.93. The fourth-order valence-corrected chi connectivity index (χ4v) is 1.99. The lowest BCUT2D eigenvalue weighted by Gasteiger charge is -2.31. The van der Waals surface area contributed by atoms with Crippen LogP contribution in [0.5, 0.6) is 0 Å². The van der Waals surface area contributed by atoms with Gasteiger partial charge in [0.05, 0.1) is 7.11 Å². The van der Waals surface area contributed by atoms with E-state index < -0.39 is 0 Å². The highest BCUT2D eigenvalue weighted by Gasteiger charge is 2.22. The molecule has 92 valence electrons. The quantitative estimate of drug-likeness (QED) is 0.848. The number of hydrogen-bond acceptors (Lipinski definition) is 4. The van der Waals surface area contributed by atoms with Gasteiger partial charge in [0.25, 0.3) is 0 Å². The molecule has 2 rings (SSSR count). The standard InChI is InChI=1S/C12H17N3O2/c1-17-12(16)15-8-5-10(6-9-15)14-11-4-2-3-7-13-11/h2-4,7,10H,5-6,8-9H2,1H3,(H,13,14). The number of nitrogens with zero attached hydrogens (tertiary/aromatic N) is 2. The number of ether oxygens (including phenoxy) is 1. The number of nitrogens with one attached hydrogen (secondary N) is 1. The van der Waals surface area contributed by atoms with Gasteiger partial charge in [0, 0.05) is 25.3 Å². The molecule has 1 saturated heterocycles. The molecular formula is C12H17N3O2. The second-order valence-corrected chi connectivity index (χ2v) is 4.09. The lowest BCUT2D eigenvalue weighted by atomic mass is 10.1. The number of hydrogen-bond donors (Lipinski definition) is 1. The SMILES string of the molecule is COC(=O)N1CCC(Nc2ccccn2)CC1. The molecule has 0 spiro atoms. The maximum atomic E-state index is 11.3. The Kier molecular flexibility index (Phi) is 3.80. The number of pyridine rings is 1. The summed E-state index contributed by atoms with van der Waals surface area (Å²) in [4.78, 5) is 17.3. The van der Waals surface area contributed by atoms with E-state index in [2.05, 4.69) is 10.3 Å². The summed E-state index contributed by atoms with van der Waals surface area (Å²) >= 11 is 0. The van der Waals surface area contributed by atoms with Crippen LogP contribution in [0.25, 0.3) is 0 Å². The molecular weight excluding hydrogens is 218 g/mol. The first-order chi connectivity index (χ1) is 8.29. The Bertz CT molecular complexity index is 361. The molecule has 2 heterocycles. The van der Waals surface area contributed by atoms with E-state index in [1.165, 1.54) is 7.11 Å². The van der Waals surface area contributed by atoms with Crippen molar-refractivity contribution in [3.8, 4) is 0 Å². The van der Waals surface area contributed by atoms with Crippen LogP contribution in [0.2, 0.25) is 0 Å². The zero-order chi connectivity index (χ0) is 12.1. The monoisotopic (exact) mass is 235 g/mol. The number of piperidine rings is 1. The molecule has 1 aliphatic rings. The number of amides is 1. The number of carbonyl (C=O) groups excluding carboxylic acids is 1. The van der Waals surface area contributed by atoms with E-state index in [0.29, 0.717) is 6.04 Å². The van der Waals surface area contributed by atoms with Gasteiger partial charge < -0.3 is 15.0 Å². The first kappa shape index (κ1) is 11.7. The zero-order valence-corrected chi connectivity index (χ0v) is 9.93. The van der Waals surface area contributed by atoms with Crippen LogP contribution in [0.4, 0.5) is 10.6 Å². The topological polar surface area (TPSA) is 54.5 Å². The summed E-state index contributed by atoms with van der Waals surface area (Å²) in [6, 6.07) is 6.18. The molecule has 1 amide bonds. The fourth-order valence-electron chi connectivity index (χ4n) is 1.99. The van der Waals surface area contributed by atoms with Crippen molar-refractivity contribution < 1.29 is 9.53 Å². The highest BCUT2D eigenvalue weighted by Crippen LogP contribution is 2.15. The number of aromatic nitrogens is 1.